The average Bonchev–Trinajstić information content (AvgIpc) is 2.82. The van der Waals surface area contributed by atoms with Gasteiger partial charge in [-0.15, -0.1) is 0 Å². The van der Waals surface area contributed by atoms with Crippen molar-refractivity contribution >= 4 is 0 Å². The summed E-state index contributed by atoms with van der Waals surface area (Å²) >= 11 is 0. The molecule has 0 aromatic rings. The van der Waals surface area contributed by atoms with Gasteiger partial charge in [0, 0.05) is 12.1 Å². The van der Waals surface area contributed by atoms with E-state index in [0.717, 1.165) is 47.6 Å². The Balaban J connectivity index is 1.12. The highest BCUT2D eigenvalue weighted by molar-refractivity contribution is 4.92. The maximum Gasteiger partial charge on any atom is 0.0221 e. The summed E-state index contributed by atoms with van der Waals surface area (Å²) in [7, 11) is 0. The lowest BCUT2D eigenvalue weighted by Crippen LogP contribution is -2.53. The number of nitrogens with one attached hydrogen (secondary N) is 2. The molecule has 0 aromatic heterocycles. The molecule has 0 saturated heterocycles. The second-order valence-corrected chi connectivity index (χ2v) is 12.1. The van der Waals surface area contributed by atoms with Crippen LogP contribution in [0.1, 0.15) is 116 Å². The van der Waals surface area contributed by atoms with Crippen molar-refractivity contribution in [2.24, 2.45) is 35.5 Å². The van der Waals surface area contributed by atoms with Crippen molar-refractivity contribution in [1.82, 2.24) is 10.6 Å². The normalized spacial score (nSPS) is 44.8. The number of hydrogen-bond acceptors (Lipinski definition) is 2. The highest BCUT2D eigenvalue weighted by atomic mass is 15.0. The van der Waals surface area contributed by atoms with Gasteiger partial charge < -0.3 is 10.6 Å². The molecule has 5 fully saturated rings. The Bertz CT molecular complexity index is 469. The molecule has 5 aliphatic carbocycles. The molecule has 5 aliphatic rings. The van der Waals surface area contributed by atoms with E-state index in [1.165, 1.54) is 103 Å². The molecular formula is C28H50N2. The molecule has 2 N–H and O–H groups in total. The Morgan fingerprint density at radius 1 is 0.400 bits per heavy atom. The van der Waals surface area contributed by atoms with E-state index in [-0.39, 0.29) is 0 Å². The first kappa shape index (κ1) is 21.7. The van der Waals surface area contributed by atoms with Gasteiger partial charge in [-0.05, 0) is 87.1 Å². The molecule has 30 heavy (non-hydrogen) atoms. The van der Waals surface area contributed by atoms with Gasteiger partial charge in [0.1, 0.15) is 0 Å². The SMILES string of the molecule is C1CCC2C(C1)CCCC2CNC1CCCCC1NCC1CCCC2CCCCC21. The molecule has 0 aliphatic heterocycles. The van der Waals surface area contributed by atoms with Crippen LogP contribution in [0.15, 0.2) is 0 Å². The summed E-state index contributed by atoms with van der Waals surface area (Å²) < 4.78 is 0. The van der Waals surface area contributed by atoms with Crippen LogP contribution in [-0.4, -0.2) is 25.2 Å². The van der Waals surface area contributed by atoms with Crippen molar-refractivity contribution in [2.45, 2.75) is 128 Å². The summed E-state index contributed by atoms with van der Waals surface area (Å²) in [6.07, 6.45) is 27.0. The third-order valence-corrected chi connectivity index (χ3v) is 10.5. The fourth-order valence-corrected chi connectivity index (χ4v) is 8.88. The highest BCUT2D eigenvalue weighted by Crippen LogP contribution is 2.44. The van der Waals surface area contributed by atoms with Crippen molar-refractivity contribution < 1.29 is 0 Å². The molecule has 0 bridgehead atoms. The standard InChI is InChI=1S/C28H50N2/c1-3-15-25-21(9-1)11-7-13-23(25)19-29-27-17-5-6-18-28(27)30-20-24-14-8-12-22-10-2-4-16-26(22)24/h21-30H,1-20H2. The van der Waals surface area contributed by atoms with Crippen LogP contribution in [0.5, 0.6) is 0 Å². The van der Waals surface area contributed by atoms with Gasteiger partial charge in [0.15, 0.2) is 0 Å². The Kier molecular flexibility index (Phi) is 7.75. The summed E-state index contributed by atoms with van der Waals surface area (Å²) in [5.41, 5.74) is 0. The van der Waals surface area contributed by atoms with Crippen molar-refractivity contribution in [2.75, 3.05) is 13.1 Å². The third-order valence-electron chi connectivity index (χ3n) is 10.5. The second-order valence-electron chi connectivity index (χ2n) is 12.1. The van der Waals surface area contributed by atoms with Crippen LogP contribution < -0.4 is 10.6 Å². The van der Waals surface area contributed by atoms with Crippen molar-refractivity contribution in [1.29, 1.82) is 0 Å². The Hall–Kier alpha value is -0.0800. The van der Waals surface area contributed by atoms with Gasteiger partial charge in [-0.25, -0.2) is 0 Å². The molecule has 0 spiro atoms. The van der Waals surface area contributed by atoms with Gasteiger partial charge in [0.05, 0.1) is 0 Å². The molecule has 0 heterocycles. The number of rotatable bonds is 6. The smallest absolute Gasteiger partial charge is 0.0221 e. The monoisotopic (exact) mass is 414 g/mol. The van der Waals surface area contributed by atoms with E-state index in [0.29, 0.717) is 0 Å². The maximum atomic E-state index is 4.16. The topological polar surface area (TPSA) is 24.1 Å². The first-order valence-corrected chi connectivity index (χ1v) is 14.4. The lowest BCUT2D eigenvalue weighted by atomic mass is 9.65. The van der Waals surface area contributed by atoms with Crippen LogP contribution >= 0.6 is 0 Å². The zero-order valence-corrected chi connectivity index (χ0v) is 19.8. The zero-order chi connectivity index (χ0) is 20.2. The van der Waals surface area contributed by atoms with Gasteiger partial charge >= 0.3 is 0 Å². The average molecular weight is 415 g/mol. The van der Waals surface area contributed by atoms with Crippen LogP contribution in [0.4, 0.5) is 0 Å². The lowest BCUT2D eigenvalue weighted by molar-refractivity contribution is 0.0913. The first-order chi connectivity index (χ1) is 14.9. The number of fused-ring (bicyclic) bond motifs is 2. The fourth-order valence-electron chi connectivity index (χ4n) is 8.88. The lowest BCUT2D eigenvalue weighted by Gasteiger charge is -2.44. The Morgan fingerprint density at radius 2 is 0.800 bits per heavy atom. The van der Waals surface area contributed by atoms with E-state index in [4.69, 9.17) is 0 Å². The Morgan fingerprint density at radius 3 is 1.30 bits per heavy atom. The van der Waals surface area contributed by atoms with E-state index >= 15 is 0 Å². The van der Waals surface area contributed by atoms with E-state index in [1.807, 2.05) is 0 Å². The molecule has 2 heteroatoms. The van der Waals surface area contributed by atoms with Gasteiger partial charge in [-0.3, -0.25) is 0 Å². The summed E-state index contributed by atoms with van der Waals surface area (Å²) in [6, 6.07) is 1.49. The maximum absolute atomic E-state index is 4.16. The van der Waals surface area contributed by atoms with Gasteiger partial charge in [0.2, 0.25) is 0 Å². The predicted molar refractivity (Wildman–Crippen MR) is 128 cm³/mol. The molecule has 8 unspecified atom stereocenters. The molecule has 0 aromatic carbocycles. The van der Waals surface area contributed by atoms with Gasteiger partial charge in [-0.1, -0.05) is 77.0 Å². The molecule has 5 saturated carbocycles. The molecule has 0 amide bonds. The first-order valence-electron chi connectivity index (χ1n) is 14.4. The van der Waals surface area contributed by atoms with Gasteiger partial charge in [0.25, 0.3) is 0 Å². The minimum atomic E-state index is 0.744. The summed E-state index contributed by atoms with van der Waals surface area (Å²) in [6.45, 7) is 2.64. The van der Waals surface area contributed by atoms with Crippen LogP contribution in [0.25, 0.3) is 0 Å². The number of hydrogen-bond donors (Lipinski definition) is 2. The van der Waals surface area contributed by atoms with Crippen LogP contribution in [0, 0.1) is 35.5 Å². The van der Waals surface area contributed by atoms with Crippen LogP contribution in [0.3, 0.4) is 0 Å². The minimum Gasteiger partial charge on any atom is -0.312 e. The minimum absolute atomic E-state index is 0.744. The van der Waals surface area contributed by atoms with Crippen molar-refractivity contribution in [3.8, 4) is 0 Å². The molecule has 2 nitrogen and oxygen atoms in total. The third kappa shape index (κ3) is 5.11. The van der Waals surface area contributed by atoms with Crippen molar-refractivity contribution in [3.05, 3.63) is 0 Å². The second kappa shape index (κ2) is 10.7. The van der Waals surface area contributed by atoms with Crippen LogP contribution in [-0.2, 0) is 0 Å². The quantitative estimate of drug-likeness (QED) is 0.506. The van der Waals surface area contributed by atoms with E-state index in [1.54, 1.807) is 25.7 Å². The molecule has 0 radical (unpaired) electrons. The van der Waals surface area contributed by atoms with Crippen LogP contribution in [0.2, 0.25) is 0 Å². The van der Waals surface area contributed by atoms with E-state index in [2.05, 4.69) is 10.6 Å². The largest absolute Gasteiger partial charge is 0.312 e. The molecule has 172 valence electrons. The van der Waals surface area contributed by atoms with Crippen molar-refractivity contribution in [3.63, 3.8) is 0 Å². The van der Waals surface area contributed by atoms with E-state index in [9.17, 15) is 0 Å². The molecule has 8 atom stereocenters. The predicted octanol–water partition coefficient (Wildman–Crippen LogP) is 6.69. The van der Waals surface area contributed by atoms with Gasteiger partial charge in [-0.2, -0.15) is 0 Å². The molecular weight excluding hydrogens is 364 g/mol. The summed E-state index contributed by atoms with van der Waals surface area (Å²) in [5.74, 6) is 6.23. The van der Waals surface area contributed by atoms with E-state index < -0.39 is 0 Å². The molecule has 5 rings (SSSR count). The zero-order valence-electron chi connectivity index (χ0n) is 19.8. The summed E-state index contributed by atoms with van der Waals surface area (Å²) in [4.78, 5) is 0. The fraction of sp³-hybridized carbons (Fsp3) is 1.00. The summed E-state index contributed by atoms with van der Waals surface area (Å²) in [5, 5.41) is 8.31. The Labute approximate surface area is 187 Å². The highest BCUT2D eigenvalue weighted by Gasteiger charge is 2.37.